The number of nitrogens with zero attached hydrogens (tertiary/aromatic N) is 4. The van der Waals surface area contributed by atoms with Gasteiger partial charge in [-0.1, -0.05) is 47.1 Å². The molecule has 0 atom stereocenters. The number of carbonyl (C=O) groups excluding carboxylic acids is 1. The third-order valence-corrected chi connectivity index (χ3v) is 7.87. The molecule has 3 aromatic heterocycles. The first kappa shape index (κ1) is 27.3. The molecule has 0 aliphatic carbocycles. The zero-order chi connectivity index (χ0) is 27.6. The van der Waals surface area contributed by atoms with Gasteiger partial charge in [-0.3, -0.25) is 9.36 Å². The van der Waals surface area contributed by atoms with Gasteiger partial charge in [-0.2, -0.15) is 13.2 Å². The van der Waals surface area contributed by atoms with Crippen LogP contribution in [0.3, 0.4) is 0 Å². The summed E-state index contributed by atoms with van der Waals surface area (Å²) in [6.07, 6.45) is -2.93. The van der Waals surface area contributed by atoms with Crippen molar-refractivity contribution in [3.8, 4) is 17.3 Å². The molecule has 0 fully saturated rings. The van der Waals surface area contributed by atoms with Crippen LogP contribution in [-0.2, 0) is 18.5 Å². The number of nitrogens with one attached hydrogen (secondary N) is 1. The molecular formula is C25H16Cl2F3N5O2S2. The van der Waals surface area contributed by atoms with Crippen molar-refractivity contribution in [2.24, 2.45) is 0 Å². The topological polar surface area (TPSA) is 85.8 Å². The van der Waals surface area contributed by atoms with E-state index in [2.05, 4.69) is 20.5 Å². The van der Waals surface area contributed by atoms with Gasteiger partial charge < -0.3 is 9.73 Å². The smallest absolute Gasteiger partial charge is 0.416 e. The predicted molar refractivity (Wildman–Crippen MR) is 143 cm³/mol. The van der Waals surface area contributed by atoms with E-state index < -0.39 is 17.6 Å². The lowest BCUT2D eigenvalue weighted by Crippen LogP contribution is -2.23. The molecule has 5 rings (SSSR count). The van der Waals surface area contributed by atoms with Gasteiger partial charge in [0.15, 0.2) is 10.9 Å². The summed E-state index contributed by atoms with van der Waals surface area (Å²) in [5, 5.41) is 14.8. The van der Waals surface area contributed by atoms with Crippen molar-refractivity contribution in [1.82, 2.24) is 25.1 Å². The Bertz CT molecular complexity index is 1620. The lowest BCUT2D eigenvalue weighted by Gasteiger charge is -2.11. The third-order valence-electron chi connectivity index (χ3n) is 5.34. The molecule has 0 aliphatic heterocycles. The molecule has 0 radical (unpaired) electrons. The van der Waals surface area contributed by atoms with E-state index in [1.165, 1.54) is 41.5 Å². The molecule has 0 saturated carbocycles. The van der Waals surface area contributed by atoms with Crippen molar-refractivity contribution in [3.63, 3.8) is 0 Å². The zero-order valence-corrected chi connectivity index (χ0v) is 22.7. The normalized spacial score (nSPS) is 11.6. The monoisotopic (exact) mass is 609 g/mol. The number of hydrogen-bond acceptors (Lipinski definition) is 7. The van der Waals surface area contributed by atoms with E-state index in [1.54, 1.807) is 40.3 Å². The standard InChI is InChI=1S/C25H16Cl2F3N5O2S2/c26-16-6-7-17(27)19(10-16)35-22(20-5-2-8-37-20)33-34-24(35)39-13-21-32-18(12-38-21)23(36)31-11-14-3-1-4-15(9-14)25(28,29)30/h1-10,12H,11,13H2,(H,31,36). The summed E-state index contributed by atoms with van der Waals surface area (Å²) in [5.74, 6) is 0.786. The van der Waals surface area contributed by atoms with Crippen molar-refractivity contribution in [1.29, 1.82) is 0 Å². The van der Waals surface area contributed by atoms with Crippen molar-refractivity contribution >= 4 is 52.2 Å². The quantitative estimate of drug-likeness (QED) is 0.183. The second kappa shape index (κ2) is 11.4. The summed E-state index contributed by atoms with van der Waals surface area (Å²) >= 11 is 15.3. The molecule has 3 heterocycles. The van der Waals surface area contributed by atoms with Crippen LogP contribution in [0.5, 0.6) is 0 Å². The van der Waals surface area contributed by atoms with Gasteiger partial charge in [0.05, 0.1) is 28.3 Å². The molecule has 1 amide bonds. The number of aromatic nitrogens is 4. The van der Waals surface area contributed by atoms with E-state index in [1.807, 2.05) is 0 Å². The highest BCUT2D eigenvalue weighted by Gasteiger charge is 2.30. The van der Waals surface area contributed by atoms with Gasteiger partial charge >= 0.3 is 6.18 Å². The molecule has 200 valence electrons. The van der Waals surface area contributed by atoms with Gasteiger partial charge in [-0.05, 0) is 48.0 Å². The Morgan fingerprint density at radius 2 is 1.95 bits per heavy atom. The SMILES string of the molecule is O=C(NCc1cccc(C(F)(F)F)c1)c1csc(CSc2nnc(-c3ccco3)n2-c2cc(Cl)ccc2Cl)n1. The highest BCUT2D eigenvalue weighted by atomic mass is 35.5. The van der Waals surface area contributed by atoms with Gasteiger partial charge in [0.25, 0.3) is 5.91 Å². The van der Waals surface area contributed by atoms with E-state index in [0.717, 1.165) is 12.1 Å². The van der Waals surface area contributed by atoms with Crippen molar-refractivity contribution in [2.75, 3.05) is 0 Å². The van der Waals surface area contributed by atoms with Gasteiger partial charge in [0.1, 0.15) is 10.7 Å². The molecule has 0 aliphatic rings. The molecule has 0 spiro atoms. The number of thiazole rings is 1. The Morgan fingerprint density at radius 3 is 2.72 bits per heavy atom. The summed E-state index contributed by atoms with van der Waals surface area (Å²) in [7, 11) is 0. The number of benzene rings is 2. The molecular weight excluding hydrogens is 594 g/mol. The average Bonchev–Trinajstić information content (AvgIpc) is 3.68. The van der Waals surface area contributed by atoms with E-state index in [0.29, 0.717) is 48.8 Å². The van der Waals surface area contributed by atoms with Gasteiger partial charge in [-0.15, -0.1) is 21.5 Å². The first-order valence-electron chi connectivity index (χ1n) is 11.2. The number of amides is 1. The van der Waals surface area contributed by atoms with Crippen molar-refractivity contribution < 1.29 is 22.4 Å². The van der Waals surface area contributed by atoms with E-state index in [9.17, 15) is 18.0 Å². The predicted octanol–water partition coefficient (Wildman–Crippen LogP) is 7.53. The molecule has 0 saturated heterocycles. The maximum absolute atomic E-state index is 12.9. The molecule has 14 heteroatoms. The Labute approximate surface area is 238 Å². The van der Waals surface area contributed by atoms with Gasteiger partial charge in [0, 0.05) is 16.9 Å². The minimum Gasteiger partial charge on any atom is -0.461 e. The molecule has 1 N–H and O–H groups in total. The zero-order valence-electron chi connectivity index (χ0n) is 19.6. The second-order valence-corrected chi connectivity index (χ2v) is 10.7. The Hall–Kier alpha value is -3.32. The fourth-order valence-electron chi connectivity index (χ4n) is 3.54. The lowest BCUT2D eigenvalue weighted by atomic mass is 10.1. The minimum atomic E-state index is -4.46. The maximum Gasteiger partial charge on any atom is 0.416 e. The summed E-state index contributed by atoms with van der Waals surface area (Å²) in [6.45, 7) is -0.0661. The van der Waals surface area contributed by atoms with E-state index >= 15 is 0 Å². The van der Waals surface area contributed by atoms with E-state index in [4.69, 9.17) is 27.6 Å². The largest absolute Gasteiger partial charge is 0.461 e. The van der Waals surface area contributed by atoms with Crippen LogP contribution < -0.4 is 5.32 Å². The van der Waals surface area contributed by atoms with Gasteiger partial charge in [-0.25, -0.2) is 4.98 Å². The van der Waals surface area contributed by atoms with Crippen LogP contribution in [0.4, 0.5) is 13.2 Å². The van der Waals surface area contributed by atoms with Crippen LogP contribution in [0, 0.1) is 0 Å². The molecule has 0 unspecified atom stereocenters. The fourth-order valence-corrected chi connectivity index (χ4v) is 5.65. The number of hydrogen-bond donors (Lipinski definition) is 1. The van der Waals surface area contributed by atoms with Crippen LogP contribution in [0.15, 0.2) is 75.8 Å². The summed E-state index contributed by atoms with van der Waals surface area (Å²) < 4.78 is 46.1. The fraction of sp³-hybridized carbons (Fsp3) is 0.120. The first-order valence-corrected chi connectivity index (χ1v) is 13.8. The number of thioether (sulfide) groups is 1. The minimum absolute atomic E-state index is 0.0661. The Morgan fingerprint density at radius 1 is 1.10 bits per heavy atom. The molecule has 5 aromatic rings. The Balaban J connectivity index is 1.29. The third kappa shape index (κ3) is 6.30. The lowest BCUT2D eigenvalue weighted by molar-refractivity contribution is -0.137. The highest BCUT2D eigenvalue weighted by molar-refractivity contribution is 7.98. The average molecular weight is 610 g/mol. The number of alkyl halides is 3. The summed E-state index contributed by atoms with van der Waals surface area (Å²) in [5.41, 5.74) is 0.287. The van der Waals surface area contributed by atoms with Crippen LogP contribution in [-0.4, -0.2) is 25.7 Å². The van der Waals surface area contributed by atoms with Crippen LogP contribution in [0.25, 0.3) is 17.3 Å². The molecule has 2 aromatic carbocycles. The molecule has 39 heavy (non-hydrogen) atoms. The van der Waals surface area contributed by atoms with Gasteiger partial charge in [0.2, 0.25) is 5.82 Å². The maximum atomic E-state index is 12.9. The second-order valence-electron chi connectivity index (χ2n) is 8.01. The van der Waals surface area contributed by atoms with Crippen molar-refractivity contribution in [2.45, 2.75) is 23.6 Å². The Kier molecular flexibility index (Phi) is 7.98. The van der Waals surface area contributed by atoms with Crippen LogP contribution in [0.2, 0.25) is 10.0 Å². The van der Waals surface area contributed by atoms with E-state index in [-0.39, 0.29) is 12.2 Å². The van der Waals surface area contributed by atoms with Crippen LogP contribution in [0.1, 0.15) is 26.6 Å². The summed E-state index contributed by atoms with van der Waals surface area (Å²) in [6, 6.07) is 13.3. The number of furan rings is 1. The first-order chi connectivity index (χ1) is 18.7. The molecule has 7 nitrogen and oxygen atoms in total. The van der Waals surface area contributed by atoms with Crippen molar-refractivity contribution in [3.05, 3.63) is 98.1 Å². The highest BCUT2D eigenvalue weighted by Crippen LogP contribution is 2.34. The molecule has 0 bridgehead atoms. The number of rotatable bonds is 8. The van der Waals surface area contributed by atoms with Crippen LogP contribution >= 0.6 is 46.3 Å². The number of halogens is 5. The summed E-state index contributed by atoms with van der Waals surface area (Å²) in [4.78, 5) is 16.9. The number of carbonyl (C=O) groups is 1.